The Morgan fingerprint density at radius 3 is 2.68 bits per heavy atom. The summed E-state index contributed by atoms with van der Waals surface area (Å²) < 4.78 is 39.3. The van der Waals surface area contributed by atoms with Crippen LogP contribution in [0.2, 0.25) is 0 Å². The second kappa shape index (κ2) is 6.05. The zero-order chi connectivity index (χ0) is 14.6. The smallest absolute Gasteiger partial charge is 0.393 e. The number of aromatic nitrogens is 2. The molecule has 1 aromatic rings. The van der Waals surface area contributed by atoms with Gasteiger partial charge in [0, 0.05) is 13.1 Å². The van der Waals surface area contributed by atoms with Crippen molar-refractivity contribution >= 4 is 5.91 Å². The van der Waals surface area contributed by atoms with Gasteiger partial charge in [-0.1, -0.05) is 0 Å². The van der Waals surface area contributed by atoms with Gasteiger partial charge in [0.05, 0.1) is 17.9 Å². The summed E-state index contributed by atoms with van der Waals surface area (Å²) in [7, 11) is 0. The Morgan fingerprint density at radius 1 is 1.58 bits per heavy atom. The standard InChI is InChI=1S/C11H16F3N3O2/c1-3-17-9(11(12,13)14)8(6-16-17)10(19)15-5-4-7(2)18/h6-7,18H,3-5H2,1-2H3,(H,15,19). The number of amides is 1. The molecule has 0 aliphatic heterocycles. The Morgan fingerprint density at radius 2 is 2.21 bits per heavy atom. The first-order chi connectivity index (χ1) is 8.77. The maximum Gasteiger partial charge on any atom is 0.433 e. The van der Waals surface area contributed by atoms with E-state index in [1.54, 1.807) is 0 Å². The second-order valence-electron chi connectivity index (χ2n) is 4.11. The van der Waals surface area contributed by atoms with E-state index in [0.717, 1.165) is 10.9 Å². The summed E-state index contributed by atoms with van der Waals surface area (Å²) >= 11 is 0. The van der Waals surface area contributed by atoms with Gasteiger partial charge in [-0.3, -0.25) is 9.48 Å². The van der Waals surface area contributed by atoms with Gasteiger partial charge in [-0.2, -0.15) is 18.3 Å². The minimum atomic E-state index is -4.64. The average Bonchev–Trinajstić information content (AvgIpc) is 2.71. The molecule has 0 spiro atoms. The molecule has 0 aromatic carbocycles. The van der Waals surface area contributed by atoms with Crippen LogP contribution in [-0.4, -0.2) is 33.4 Å². The molecule has 0 aliphatic rings. The van der Waals surface area contributed by atoms with E-state index in [2.05, 4.69) is 10.4 Å². The first kappa shape index (κ1) is 15.5. The van der Waals surface area contributed by atoms with Gasteiger partial charge in [0.25, 0.3) is 5.91 Å². The molecule has 1 unspecified atom stereocenters. The number of carbonyl (C=O) groups is 1. The molecule has 0 radical (unpaired) electrons. The van der Waals surface area contributed by atoms with Crippen LogP contribution in [0.1, 0.15) is 36.3 Å². The summed E-state index contributed by atoms with van der Waals surface area (Å²) in [5, 5.41) is 14.9. The van der Waals surface area contributed by atoms with Crippen LogP contribution in [0.15, 0.2) is 6.20 Å². The third kappa shape index (κ3) is 3.95. The van der Waals surface area contributed by atoms with Crippen LogP contribution in [0.3, 0.4) is 0 Å². The number of rotatable bonds is 5. The Kier molecular flexibility index (Phi) is 4.93. The summed E-state index contributed by atoms with van der Waals surface area (Å²) in [5.41, 5.74) is -1.55. The average molecular weight is 279 g/mol. The lowest BCUT2D eigenvalue weighted by molar-refractivity contribution is -0.144. The molecule has 5 nitrogen and oxygen atoms in total. The van der Waals surface area contributed by atoms with Gasteiger partial charge >= 0.3 is 6.18 Å². The van der Waals surface area contributed by atoms with E-state index < -0.39 is 29.4 Å². The SMILES string of the molecule is CCn1ncc(C(=O)NCCC(C)O)c1C(F)(F)F. The monoisotopic (exact) mass is 279 g/mol. The van der Waals surface area contributed by atoms with E-state index in [1.807, 2.05) is 0 Å². The Labute approximate surface area is 108 Å². The second-order valence-corrected chi connectivity index (χ2v) is 4.11. The zero-order valence-corrected chi connectivity index (χ0v) is 10.7. The van der Waals surface area contributed by atoms with Crippen LogP contribution >= 0.6 is 0 Å². The fourth-order valence-electron chi connectivity index (χ4n) is 1.58. The highest BCUT2D eigenvalue weighted by Gasteiger charge is 2.39. The van der Waals surface area contributed by atoms with E-state index >= 15 is 0 Å². The minimum Gasteiger partial charge on any atom is -0.393 e. The zero-order valence-electron chi connectivity index (χ0n) is 10.7. The van der Waals surface area contributed by atoms with Crippen molar-refractivity contribution in [2.24, 2.45) is 0 Å². The van der Waals surface area contributed by atoms with Crippen LogP contribution in [0.5, 0.6) is 0 Å². The van der Waals surface area contributed by atoms with Crippen molar-refractivity contribution in [1.29, 1.82) is 0 Å². The fraction of sp³-hybridized carbons (Fsp3) is 0.636. The third-order valence-electron chi connectivity index (χ3n) is 2.50. The molecule has 0 bridgehead atoms. The van der Waals surface area contributed by atoms with E-state index in [1.165, 1.54) is 13.8 Å². The van der Waals surface area contributed by atoms with Crippen LogP contribution < -0.4 is 5.32 Å². The molecule has 1 atom stereocenters. The van der Waals surface area contributed by atoms with Crippen molar-refractivity contribution in [3.05, 3.63) is 17.5 Å². The molecule has 1 aromatic heterocycles. The summed E-state index contributed by atoms with van der Waals surface area (Å²) in [6.45, 7) is 3.17. The van der Waals surface area contributed by atoms with Gasteiger partial charge in [0.2, 0.25) is 0 Å². The van der Waals surface area contributed by atoms with Crippen LogP contribution in [0.4, 0.5) is 13.2 Å². The normalized spacial score (nSPS) is 13.4. The Balaban J connectivity index is 2.88. The maximum atomic E-state index is 12.9. The number of aliphatic hydroxyl groups excluding tert-OH is 1. The van der Waals surface area contributed by atoms with Crippen molar-refractivity contribution in [3.8, 4) is 0 Å². The van der Waals surface area contributed by atoms with Gasteiger partial charge in [-0.05, 0) is 20.3 Å². The number of aliphatic hydroxyl groups is 1. The van der Waals surface area contributed by atoms with Crippen molar-refractivity contribution < 1.29 is 23.1 Å². The number of alkyl halides is 3. The number of nitrogens with zero attached hydrogens (tertiary/aromatic N) is 2. The van der Waals surface area contributed by atoms with E-state index in [-0.39, 0.29) is 19.5 Å². The molecule has 0 aliphatic carbocycles. The number of nitrogens with one attached hydrogen (secondary N) is 1. The predicted molar refractivity (Wildman–Crippen MR) is 61.5 cm³/mol. The van der Waals surface area contributed by atoms with Crippen LogP contribution in [0.25, 0.3) is 0 Å². The van der Waals surface area contributed by atoms with Gasteiger partial charge in [0.15, 0.2) is 5.69 Å². The predicted octanol–water partition coefficient (Wildman–Crippen LogP) is 1.42. The highest BCUT2D eigenvalue weighted by atomic mass is 19.4. The molecule has 2 N–H and O–H groups in total. The molecule has 1 heterocycles. The molecule has 1 rings (SSSR count). The highest BCUT2D eigenvalue weighted by Crippen LogP contribution is 2.31. The molecule has 0 fully saturated rings. The molecule has 1 amide bonds. The molecule has 0 saturated carbocycles. The van der Waals surface area contributed by atoms with Crippen molar-refractivity contribution in [1.82, 2.24) is 15.1 Å². The lowest BCUT2D eigenvalue weighted by Crippen LogP contribution is -2.29. The molecular formula is C11H16F3N3O2. The minimum absolute atomic E-state index is 0.0236. The third-order valence-corrected chi connectivity index (χ3v) is 2.50. The maximum absolute atomic E-state index is 12.9. The van der Waals surface area contributed by atoms with E-state index in [4.69, 9.17) is 5.11 Å². The first-order valence-electron chi connectivity index (χ1n) is 5.86. The lowest BCUT2D eigenvalue weighted by atomic mass is 10.2. The van der Waals surface area contributed by atoms with Gasteiger partial charge < -0.3 is 10.4 Å². The number of carbonyl (C=O) groups excluding carboxylic acids is 1. The van der Waals surface area contributed by atoms with E-state index in [9.17, 15) is 18.0 Å². The highest BCUT2D eigenvalue weighted by molar-refractivity contribution is 5.95. The summed E-state index contributed by atoms with van der Waals surface area (Å²) in [4.78, 5) is 11.7. The first-order valence-corrected chi connectivity index (χ1v) is 5.86. The molecule has 108 valence electrons. The summed E-state index contributed by atoms with van der Waals surface area (Å²) in [6.07, 6.45) is -4.08. The number of aryl methyl sites for hydroxylation is 1. The number of hydrogen-bond acceptors (Lipinski definition) is 3. The topological polar surface area (TPSA) is 67.2 Å². The summed E-state index contributed by atoms with van der Waals surface area (Å²) in [6, 6.07) is 0. The molecule has 0 saturated heterocycles. The van der Waals surface area contributed by atoms with Crippen molar-refractivity contribution in [3.63, 3.8) is 0 Å². The molecule has 8 heteroatoms. The van der Waals surface area contributed by atoms with Crippen molar-refractivity contribution in [2.45, 2.75) is 39.1 Å². The quantitative estimate of drug-likeness (QED) is 0.856. The number of halogens is 3. The van der Waals surface area contributed by atoms with Gasteiger partial charge in [0.1, 0.15) is 0 Å². The van der Waals surface area contributed by atoms with Crippen molar-refractivity contribution in [2.75, 3.05) is 6.54 Å². The lowest BCUT2D eigenvalue weighted by Gasteiger charge is -2.11. The van der Waals surface area contributed by atoms with Gasteiger partial charge in [-0.15, -0.1) is 0 Å². The Bertz CT molecular complexity index is 441. The largest absolute Gasteiger partial charge is 0.433 e. The number of hydrogen-bond donors (Lipinski definition) is 2. The molecular weight excluding hydrogens is 263 g/mol. The molecule has 19 heavy (non-hydrogen) atoms. The fourth-order valence-corrected chi connectivity index (χ4v) is 1.58. The Hall–Kier alpha value is -1.57. The van der Waals surface area contributed by atoms with E-state index in [0.29, 0.717) is 0 Å². The van der Waals surface area contributed by atoms with Crippen LogP contribution in [-0.2, 0) is 12.7 Å². The van der Waals surface area contributed by atoms with Crippen LogP contribution in [0, 0.1) is 0 Å². The summed E-state index contributed by atoms with van der Waals surface area (Å²) in [5.74, 6) is -0.840. The van der Waals surface area contributed by atoms with Gasteiger partial charge in [-0.25, -0.2) is 0 Å².